The number of halogens is 2. The number of aliphatic hydroxyl groups excluding tert-OH is 1. The van der Waals surface area contributed by atoms with E-state index in [2.05, 4.69) is 102 Å². The van der Waals surface area contributed by atoms with Crippen LogP contribution in [0.25, 0.3) is 0 Å². The molecule has 658 valence electrons. The lowest BCUT2D eigenvalue weighted by atomic mass is 9.87. The van der Waals surface area contributed by atoms with Gasteiger partial charge in [0, 0.05) is 25.4 Å². The number of epoxide rings is 1. The highest BCUT2D eigenvalue weighted by Gasteiger charge is 2.36. The molecule has 0 unspecified atom stereocenters. The van der Waals surface area contributed by atoms with Crippen molar-refractivity contribution >= 4 is 129 Å². The fraction of sp³-hybridized carbons (Fsp3) is 0.379. The van der Waals surface area contributed by atoms with Crippen molar-refractivity contribution in [2.24, 2.45) is 0 Å². The first-order chi connectivity index (χ1) is 57.4. The number of anilines is 2. The summed E-state index contributed by atoms with van der Waals surface area (Å²) < 4.78 is 54.8. The summed E-state index contributed by atoms with van der Waals surface area (Å²) in [4.78, 5) is 144. The van der Waals surface area contributed by atoms with Crippen LogP contribution in [0.4, 0.5) is 35.3 Å². The summed E-state index contributed by atoms with van der Waals surface area (Å²) in [6.07, 6.45) is -2.63. The summed E-state index contributed by atoms with van der Waals surface area (Å²) in [6.45, 7) is 15.9. The third-order valence-electron chi connectivity index (χ3n) is 16.5. The van der Waals surface area contributed by atoms with Crippen LogP contribution < -0.4 is 38.1 Å². The highest BCUT2D eigenvalue weighted by molar-refractivity contribution is 14.1. The van der Waals surface area contributed by atoms with E-state index in [-0.39, 0.29) is 95.1 Å². The molecule has 34 heteroatoms. The zero-order valence-electron chi connectivity index (χ0n) is 70.2. The molecule has 7 aromatic rings. The molecule has 32 nitrogen and oxygen atoms in total. The van der Waals surface area contributed by atoms with Crippen molar-refractivity contribution in [1.82, 2.24) is 26.6 Å². The number of hydrogen-bond acceptors (Lipinski definition) is 27. The van der Waals surface area contributed by atoms with Gasteiger partial charge >= 0.3 is 66.5 Å². The highest BCUT2D eigenvalue weighted by Crippen LogP contribution is 2.24. The maximum Gasteiger partial charge on any atom is 0.408 e. The van der Waals surface area contributed by atoms with E-state index < -0.39 is 77.1 Å². The number of nitrogen functional groups attached to an aromatic ring is 2. The summed E-state index contributed by atoms with van der Waals surface area (Å²) >= 11 is 4.38. The molecule has 7 aromatic carbocycles. The molecule has 1 saturated heterocycles. The van der Waals surface area contributed by atoms with Gasteiger partial charge in [-0.3, -0.25) is 28.8 Å². The number of alkyl carbamates (subject to hydrolysis) is 5. The maximum absolute atomic E-state index is 12.3. The van der Waals surface area contributed by atoms with Crippen molar-refractivity contribution in [1.29, 1.82) is 0 Å². The summed E-state index contributed by atoms with van der Waals surface area (Å²) in [5.74, 6) is -2.62. The minimum Gasteiger partial charge on any atom is -0.469 e. The van der Waals surface area contributed by atoms with E-state index in [1.807, 2.05) is 195 Å². The largest absolute Gasteiger partial charge is 0.469 e. The standard InChI is InChI=1S/C21H26N2O4.C15H19NO5.C14H18INO4.C14H19NO5.C13H17NO4.C7H8IN.C2H4O.CO2/c1-15-9-10-18(22)11-17(15)12-21(2,13-19(24)26-3)23-20(25)27-14-16-7-5-4-6-8-16;1-11(17)15(2,9-13(18)20-3)16-14(19)21-10-12-7-5-4-6-8-12;1-14(10-15,8-12(17)19-2)16-13(18)20-9-11-6-4-3-5-7-11;1-14(10-16,8-12(17)19-2)15-13(18)20-9-11-6-4-3-5-7-11;1-10(8-12(15)17-2)14-13(16)18-9-11-6-4-3-5-7-11;1-5-2-3-6(9)4-7(5)8;1-2-3-1;2-1-3/h4-11H,12-14,22H2,1-3H3,(H,23,25);4-8H,9-10H2,1-3H3,(H,16,19);3-7H,8-10H2,1-2H3,(H,16,18);3-7,16H,8-10H2,1-2H3,(H,15,18);3-7,10H,8-9H2,1-2H3,(H,14,16);2-4H,9H2,1H3;1-2H2;/t21-;15-;2*14-;10-;;;/m01111.../s1. The number of aliphatic hydroxyl groups is 1. The molecule has 0 aromatic heterocycles. The van der Waals surface area contributed by atoms with E-state index in [1.165, 1.54) is 65.5 Å². The number of methoxy groups -OCH3 is 5. The number of ketones is 1. The molecule has 8 rings (SSSR count). The number of amides is 5. The van der Waals surface area contributed by atoms with Gasteiger partial charge in [0.2, 0.25) is 0 Å². The van der Waals surface area contributed by atoms with E-state index in [4.69, 9.17) is 49.5 Å². The second-order valence-electron chi connectivity index (χ2n) is 27.6. The molecule has 0 radical (unpaired) electrons. The van der Waals surface area contributed by atoms with Gasteiger partial charge in [0.15, 0.2) is 5.78 Å². The Morgan fingerprint density at radius 2 is 0.744 bits per heavy atom. The number of Topliss-reactive ketones (excluding diaryl/α,β-unsaturated/α-hetero) is 1. The number of alkyl halides is 1. The minimum atomic E-state index is -1.35. The molecule has 1 aliphatic heterocycles. The molecule has 121 heavy (non-hydrogen) atoms. The van der Waals surface area contributed by atoms with Crippen LogP contribution in [0.15, 0.2) is 188 Å². The molecule has 0 aliphatic carbocycles. The molecule has 1 heterocycles. The van der Waals surface area contributed by atoms with E-state index in [9.17, 15) is 57.8 Å². The Morgan fingerprint density at radius 3 is 1.06 bits per heavy atom. The van der Waals surface area contributed by atoms with Gasteiger partial charge in [-0.25, -0.2) is 24.0 Å². The monoisotopic (exact) mass is 1910 g/mol. The molecule has 5 amide bonds. The van der Waals surface area contributed by atoms with Gasteiger partial charge in [-0.2, -0.15) is 9.59 Å². The lowest BCUT2D eigenvalue weighted by molar-refractivity contribution is -0.192. The Labute approximate surface area is 732 Å². The number of ether oxygens (including phenoxy) is 11. The van der Waals surface area contributed by atoms with Crippen LogP contribution in [0.3, 0.4) is 0 Å². The lowest BCUT2D eigenvalue weighted by Crippen LogP contribution is -2.52. The lowest BCUT2D eigenvalue weighted by Gasteiger charge is -2.30. The van der Waals surface area contributed by atoms with Crippen LogP contribution in [0, 0.1) is 17.4 Å². The Kier molecular flexibility index (Phi) is 53.1. The third kappa shape index (κ3) is 50.7. The molecule has 1 aliphatic rings. The van der Waals surface area contributed by atoms with Crippen LogP contribution in [-0.2, 0) is 130 Å². The fourth-order valence-electron chi connectivity index (χ4n) is 9.47. The molecule has 0 bridgehead atoms. The van der Waals surface area contributed by atoms with E-state index in [1.54, 1.807) is 20.8 Å². The van der Waals surface area contributed by atoms with Crippen molar-refractivity contribution in [3.63, 3.8) is 0 Å². The highest BCUT2D eigenvalue weighted by atomic mass is 127. The van der Waals surface area contributed by atoms with Gasteiger partial charge < -0.3 is 95.3 Å². The topological polar surface area (TPSA) is 459 Å². The number of carbonyl (C=O) groups excluding carboxylic acids is 13. The minimum absolute atomic E-state index is 0.0121. The van der Waals surface area contributed by atoms with Crippen LogP contribution in [0.2, 0.25) is 0 Å². The van der Waals surface area contributed by atoms with Crippen molar-refractivity contribution in [3.8, 4) is 0 Å². The van der Waals surface area contributed by atoms with Crippen LogP contribution in [0.5, 0.6) is 0 Å². The predicted molar refractivity (Wildman–Crippen MR) is 465 cm³/mol. The van der Waals surface area contributed by atoms with Gasteiger partial charge in [-0.05, 0) is 153 Å². The summed E-state index contributed by atoms with van der Waals surface area (Å²) in [6, 6.07) is 57.6. The molecular formula is C87H111I2N7O25. The SMILES string of the molecule is C1CO1.COC(=O)C[C@@H](C)NC(=O)OCc1ccccc1.COC(=O)C[C@@](C)(NC(=O)OCc1ccccc1)C(C)=O.COC(=O)C[C@](C)(CI)NC(=O)OCc1ccccc1.COC(=O)C[C@](C)(CO)NC(=O)OCc1ccccc1.COC(=O)C[C@](C)(Cc1cc(N)ccc1C)NC(=O)OCc1ccccc1.Cc1ccc(N)cc1I.O=C=O. The molecular weight excluding hydrogens is 1800 g/mol. The Balaban J connectivity index is 0.000000727. The number of nitrogens with one attached hydrogen (secondary N) is 5. The average molecular weight is 1910 g/mol. The number of rotatable bonds is 30. The van der Waals surface area contributed by atoms with Gasteiger partial charge in [0.25, 0.3) is 0 Å². The second-order valence-corrected chi connectivity index (χ2v) is 29.5. The smallest absolute Gasteiger partial charge is 0.408 e. The number of nitrogens with two attached hydrogens (primary N) is 2. The molecule has 0 spiro atoms. The number of benzene rings is 7. The van der Waals surface area contributed by atoms with Gasteiger partial charge in [-0.15, -0.1) is 0 Å². The van der Waals surface area contributed by atoms with Crippen LogP contribution in [0.1, 0.15) is 118 Å². The second kappa shape index (κ2) is 59.9. The maximum atomic E-state index is 12.3. The first-order valence-electron chi connectivity index (χ1n) is 37.3. The van der Waals surface area contributed by atoms with E-state index in [0.717, 1.165) is 57.8 Å². The molecule has 5 atom stereocenters. The Hall–Kier alpha value is -11.7. The normalized spacial score (nSPS) is 12.5. The summed E-state index contributed by atoms with van der Waals surface area (Å²) in [7, 11) is 6.42. The predicted octanol–water partition coefficient (Wildman–Crippen LogP) is 12.6. The quantitative estimate of drug-likeness (QED) is 0.00518. The molecule has 10 N–H and O–H groups in total. The number of carbonyl (C=O) groups is 11. The first kappa shape index (κ1) is 107. The zero-order valence-corrected chi connectivity index (χ0v) is 74.6. The van der Waals surface area contributed by atoms with Crippen molar-refractivity contribution in [3.05, 3.63) is 236 Å². The number of aryl methyl sites for hydroxylation is 2. The van der Waals surface area contributed by atoms with Gasteiger partial charge in [-0.1, -0.05) is 186 Å². The van der Waals surface area contributed by atoms with E-state index in [0.29, 0.717) is 16.5 Å². The average Bonchev–Trinajstić information content (AvgIpc) is 1.35. The summed E-state index contributed by atoms with van der Waals surface area (Å²) in [5.41, 5.74) is 16.5. The Morgan fingerprint density at radius 1 is 0.446 bits per heavy atom. The summed E-state index contributed by atoms with van der Waals surface area (Å²) in [5, 5.41) is 22.3. The van der Waals surface area contributed by atoms with Gasteiger partial charge in [0.05, 0.1) is 104 Å². The van der Waals surface area contributed by atoms with Crippen LogP contribution >= 0.6 is 45.2 Å². The number of hydrogen-bond donors (Lipinski definition) is 8. The zero-order chi connectivity index (χ0) is 90.8. The molecule has 1 fully saturated rings. The van der Waals surface area contributed by atoms with Crippen molar-refractivity contribution in [2.75, 3.05) is 71.3 Å². The molecule has 0 saturated carbocycles. The van der Waals surface area contributed by atoms with Gasteiger partial charge in [0.1, 0.15) is 38.6 Å². The Bertz CT molecular complexity index is 4240. The van der Waals surface area contributed by atoms with Crippen molar-refractivity contribution in [2.45, 2.75) is 155 Å². The van der Waals surface area contributed by atoms with Crippen molar-refractivity contribution < 1.29 is 120 Å². The first-order valence-corrected chi connectivity index (χ1v) is 39.9. The fourth-order valence-corrected chi connectivity index (χ4v) is 10.5. The van der Waals surface area contributed by atoms with E-state index >= 15 is 0 Å². The third-order valence-corrected chi connectivity index (χ3v) is 19.4. The number of esters is 5. The van der Waals surface area contributed by atoms with Crippen LogP contribution in [-0.4, -0.2) is 165 Å².